The van der Waals surface area contributed by atoms with Gasteiger partial charge in [-0.1, -0.05) is 36.0 Å². The molecule has 4 rings (SSSR count). The Labute approximate surface area is 164 Å². The Morgan fingerprint density at radius 1 is 1.21 bits per heavy atom. The lowest BCUT2D eigenvalue weighted by Crippen LogP contribution is -2.52. The van der Waals surface area contributed by atoms with E-state index in [4.69, 9.17) is 0 Å². The molecule has 1 saturated heterocycles. The lowest BCUT2D eigenvalue weighted by molar-refractivity contribution is -0.137. The summed E-state index contributed by atoms with van der Waals surface area (Å²) in [5, 5.41) is 0. The first-order chi connectivity index (χ1) is 13.2. The zero-order chi connectivity index (χ0) is 20.1. The molecule has 2 heterocycles. The van der Waals surface area contributed by atoms with Crippen molar-refractivity contribution >= 4 is 29.3 Å². The first-order valence-electron chi connectivity index (χ1n) is 8.75. The van der Waals surface area contributed by atoms with E-state index in [0.29, 0.717) is 12.0 Å². The molecule has 0 bridgehead atoms. The van der Waals surface area contributed by atoms with E-state index in [1.165, 1.54) is 22.7 Å². The molecule has 2 aromatic rings. The quantitative estimate of drug-likeness (QED) is 0.764. The van der Waals surface area contributed by atoms with Gasteiger partial charge in [0.05, 0.1) is 11.3 Å². The van der Waals surface area contributed by atoms with Crippen LogP contribution in [0, 0.1) is 0 Å². The zero-order valence-corrected chi connectivity index (χ0v) is 15.8. The van der Waals surface area contributed by atoms with Crippen molar-refractivity contribution in [2.24, 2.45) is 0 Å². The minimum atomic E-state index is -4.44. The van der Waals surface area contributed by atoms with Crippen LogP contribution in [0.1, 0.15) is 24.0 Å². The van der Waals surface area contributed by atoms with Crippen molar-refractivity contribution < 1.29 is 22.8 Å². The standard InChI is InChI=1S/C20H17F3N2O2S/c1-24(12-13-5-4-6-14(11-13)20(21,22)23)18(27)19-10-9-17(26)25(19)15-7-2-3-8-16(15)28-19/h2-8,11H,9-10,12H2,1H3. The molecule has 0 saturated carbocycles. The predicted octanol–water partition coefficient (Wildman–Crippen LogP) is 4.29. The van der Waals surface area contributed by atoms with Gasteiger partial charge in [-0.15, -0.1) is 0 Å². The molecule has 2 amide bonds. The number of carbonyl (C=O) groups is 2. The van der Waals surface area contributed by atoms with Crippen LogP contribution in [0.5, 0.6) is 0 Å². The Balaban J connectivity index is 1.60. The molecule has 1 atom stereocenters. The average Bonchev–Trinajstić information content (AvgIpc) is 3.16. The Bertz CT molecular complexity index is 962. The third kappa shape index (κ3) is 2.96. The van der Waals surface area contributed by atoms with Gasteiger partial charge in [0.1, 0.15) is 0 Å². The van der Waals surface area contributed by atoms with Crippen LogP contribution in [0.15, 0.2) is 53.4 Å². The average molecular weight is 406 g/mol. The van der Waals surface area contributed by atoms with E-state index in [9.17, 15) is 22.8 Å². The van der Waals surface area contributed by atoms with E-state index >= 15 is 0 Å². The third-order valence-corrected chi connectivity index (χ3v) is 6.49. The molecule has 0 N–H and O–H groups in total. The number of likely N-dealkylation sites (N-methyl/N-ethyl adjacent to an activating group) is 1. The fourth-order valence-corrected chi connectivity index (χ4v) is 5.29. The molecular formula is C20H17F3N2O2S. The monoisotopic (exact) mass is 406 g/mol. The van der Waals surface area contributed by atoms with Gasteiger partial charge in [-0.3, -0.25) is 14.5 Å². The molecule has 28 heavy (non-hydrogen) atoms. The number of benzene rings is 2. The van der Waals surface area contributed by atoms with E-state index < -0.39 is 16.6 Å². The maximum atomic E-state index is 13.3. The molecule has 0 aliphatic carbocycles. The number of alkyl halides is 3. The topological polar surface area (TPSA) is 40.6 Å². The van der Waals surface area contributed by atoms with Crippen molar-refractivity contribution in [3.05, 3.63) is 59.7 Å². The van der Waals surface area contributed by atoms with Crippen molar-refractivity contribution in [3.8, 4) is 0 Å². The first-order valence-corrected chi connectivity index (χ1v) is 9.57. The van der Waals surface area contributed by atoms with Crippen molar-refractivity contribution in [2.45, 2.75) is 35.3 Å². The summed E-state index contributed by atoms with van der Waals surface area (Å²) < 4.78 is 38.9. The summed E-state index contributed by atoms with van der Waals surface area (Å²) in [5.74, 6) is -0.393. The van der Waals surface area contributed by atoms with Gasteiger partial charge in [0, 0.05) is 24.9 Å². The maximum absolute atomic E-state index is 13.3. The number of thioether (sulfide) groups is 1. The minimum absolute atomic E-state index is 0.0312. The fourth-order valence-electron chi connectivity index (χ4n) is 3.77. The lowest BCUT2D eigenvalue weighted by atomic mass is 10.1. The van der Waals surface area contributed by atoms with Crippen LogP contribution in [-0.2, 0) is 22.3 Å². The minimum Gasteiger partial charge on any atom is -0.339 e. The summed E-state index contributed by atoms with van der Waals surface area (Å²) in [4.78, 5) is 28.6. The second kappa shape index (κ2) is 6.55. The summed E-state index contributed by atoms with van der Waals surface area (Å²) in [7, 11) is 1.56. The van der Waals surface area contributed by atoms with Crippen LogP contribution in [0.2, 0.25) is 0 Å². The summed E-state index contributed by atoms with van der Waals surface area (Å²) in [6.45, 7) is 0.0312. The van der Waals surface area contributed by atoms with Gasteiger partial charge < -0.3 is 4.90 Å². The molecule has 1 unspecified atom stereocenters. The largest absolute Gasteiger partial charge is 0.416 e. The number of para-hydroxylation sites is 1. The number of halogens is 3. The van der Waals surface area contributed by atoms with Crippen molar-refractivity contribution in [1.82, 2.24) is 4.90 Å². The Kier molecular flexibility index (Phi) is 4.41. The highest BCUT2D eigenvalue weighted by Gasteiger charge is 2.58. The molecular weight excluding hydrogens is 389 g/mol. The number of nitrogens with zero attached hydrogens (tertiary/aromatic N) is 2. The lowest BCUT2D eigenvalue weighted by Gasteiger charge is -2.33. The molecule has 0 spiro atoms. The molecule has 4 nitrogen and oxygen atoms in total. The maximum Gasteiger partial charge on any atom is 0.416 e. The summed E-state index contributed by atoms with van der Waals surface area (Å²) >= 11 is 1.35. The van der Waals surface area contributed by atoms with Gasteiger partial charge in [-0.25, -0.2) is 0 Å². The Morgan fingerprint density at radius 2 is 1.96 bits per heavy atom. The van der Waals surface area contributed by atoms with Crippen LogP contribution in [-0.4, -0.2) is 28.6 Å². The fraction of sp³-hybridized carbons (Fsp3) is 0.300. The van der Waals surface area contributed by atoms with Gasteiger partial charge in [0.15, 0.2) is 4.87 Å². The van der Waals surface area contributed by atoms with E-state index in [1.807, 2.05) is 24.3 Å². The Hall–Kier alpha value is -2.48. The van der Waals surface area contributed by atoms with Crippen molar-refractivity contribution in [2.75, 3.05) is 11.9 Å². The smallest absolute Gasteiger partial charge is 0.339 e. The molecule has 1 fully saturated rings. The second-order valence-electron chi connectivity index (χ2n) is 6.94. The highest BCUT2D eigenvalue weighted by atomic mass is 32.2. The highest BCUT2D eigenvalue weighted by Crippen LogP contribution is 2.56. The zero-order valence-electron chi connectivity index (χ0n) is 15.0. The predicted molar refractivity (Wildman–Crippen MR) is 99.7 cm³/mol. The summed E-state index contributed by atoms with van der Waals surface area (Å²) in [6, 6.07) is 12.3. The van der Waals surface area contributed by atoms with Crippen LogP contribution >= 0.6 is 11.8 Å². The first kappa shape index (κ1) is 18.9. The van der Waals surface area contributed by atoms with Crippen LogP contribution in [0.4, 0.5) is 18.9 Å². The van der Waals surface area contributed by atoms with Gasteiger partial charge >= 0.3 is 6.18 Å². The number of fused-ring (bicyclic) bond motifs is 3. The number of carbonyl (C=O) groups excluding carboxylic acids is 2. The number of hydrogen-bond donors (Lipinski definition) is 0. The van der Waals surface area contributed by atoms with Gasteiger partial charge in [-0.05, 0) is 36.2 Å². The number of anilines is 1. The van der Waals surface area contributed by atoms with E-state index in [0.717, 1.165) is 22.7 Å². The molecule has 2 aromatic carbocycles. The Morgan fingerprint density at radius 3 is 2.71 bits per heavy atom. The van der Waals surface area contributed by atoms with Crippen molar-refractivity contribution in [1.29, 1.82) is 0 Å². The molecule has 0 aromatic heterocycles. The third-order valence-electron chi connectivity index (χ3n) is 5.03. The normalized spacial score (nSPS) is 20.9. The molecule has 2 aliphatic heterocycles. The molecule has 8 heteroatoms. The van der Waals surface area contributed by atoms with Gasteiger partial charge in [-0.2, -0.15) is 13.2 Å². The van der Waals surface area contributed by atoms with Crippen LogP contribution in [0.3, 0.4) is 0 Å². The van der Waals surface area contributed by atoms with E-state index in [2.05, 4.69) is 0 Å². The number of hydrogen-bond acceptors (Lipinski definition) is 3. The summed E-state index contributed by atoms with van der Waals surface area (Å²) in [6.07, 6.45) is -3.80. The van der Waals surface area contributed by atoms with Crippen LogP contribution in [0.25, 0.3) is 0 Å². The second-order valence-corrected chi connectivity index (χ2v) is 8.26. The van der Waals surface area contributed by atoms with Crippen LogP contribution < -0.4 is 4.90 Å². The number of rotatable bonds is 3. The van der Waals surface area contributed by atoms with Crippen molar-refractivity contribution in [3.63, 3.8) is 0 Å². The molecule has 146 valence electrons. The summed E-state index contributed by atoms with van der Waals surface area (Å²) in [5.41, 5.74) is 0.360. The van der Waals surface area contributed by atoms with E-state index in [1.54, 1.807) is 18.0 Å². The van der Waals surface area contributed by atoms with E-state index in [-0.39, 0.29) is 24.8 Å². The molecule has 2 aliphatic rings. The SMILES string of the molecule is CN(Cc1cccc(C(F)(F)F)c1)C(=O)C12CCC(=O)N1c1ccccc1S2. The highest BCUT2D eigenvalue weighted by molar-refractivity contribution is 8.02. The number of amides is 2. The molecule has 0 radical (unpaired) electrons. The van der Waals surface area contributed by atoms with Gasteiger partial charge in [0.2, 0.25) is 5.91 Å². The van der Waals surface area contributed by atoms with Gasteiger partial charge in [0.25, 0.3) is 5.91 Å².